The maximum atomic E-state index is 5.65. The van der Waals surface area contributed by atoms with Gasteiger partial charge in [0.05, 0.1) is 15.6 Å². The molecule has 1 aromatic rings. The van der Waals surface area contributed by atoms with E-state index in [1.54, 1.807) is 18.2 Å². The van der Waals surface area contributed by atoms with Crippen molar-refractivity contribution >= 4 is 29.9 Å². The van der Waals surface area contributed by atoms with E-state index in [4.69, 9.17) is 30.0 Å². The Morgan fingerprint density at radius 2 is 2.11 bits per heavy atom. The maximum Gasteiger partial charge on any atom is 0.0815 e. The topological polar surface area (TPSA) is 26.0 Å². The minimum atomic E-state index is 0.479. The Kier molecular flexibility index (Phi) is 1.78. The van der Waals surface area contributed by atoms with Crippen LogP contribution in [0.4, 0.5) is 5.69 Å². The Morgan fingerprint density at radius 3 is 2.56 bits per heavy atom. The lowest BCUT2D eigenvalue weighted by atomic mass is 10.3. The average Bonchev–Trinajstić information content (AvgIpc) is 1.83. The van der Waals surface area contributed by atoms with Gasteiger partial charge in [-0.25, -0.2) is 0 Å². The molecule has 0 bridgehead atoms. The third-order valence-corrected chi connectivity index (χ3v) is 1.87. The number of anilines is 1. The molecule has 3 heteroatoms. The molecule has 0 spiro atoms. The van der Waals surface area contributed by atoms with Gasteiger partial charge in [-0.05, 0) is 12.1 Å². The van der Waals surface area contributed by atoms with E-state index in [1.807, 2.05) is 0 Å². The van der Waals surface area contributed by atoms with Gasteiger partial charge in [0.2, 0.25) is 0 Å². The second-order valence-corrected chi connectivity index (χ2v) is 2.48. The molecule has 0 aliphatic rings. The SMILES string of the molecule is Nc1cccc([S])c1Cl. The predicted octanol–water partition coefficient (Wildman–Crippen LogP) is 2.48. The monoisotopic (exact) mass is 158 g/mol. The van der Waals surface area contributed by atoms with Crippen molar-refractivity contribution in [2.24, 2.45) is 0 Å². The van der Waals surface area contributed by atoms with Gasteiger partial charge in [0.15, 0.2) is 0 Å². The smallest absolute Gasteiger partial charge is 0.0815 e. The Morgan fingerprint density at radius 1 is 1.44 bits per heavy atom. The molecule has 0 fully saturated rings. The van der Waals surface area contributed by atoms with E-state index in [2.05, 4.69) is 0 Å². The molecule has 0 aliphatic heterocycles. The van der Waals surface area contributed by atoms with Gasteiger partial charge in [-0.1, -0.05) is 30.3 Å². The van der Waals surface area contributed by atoms with Crippen molar-refractivity contribution in [3.8, 4) is 0 Å². The normalized spacial score (nSPS) is 9.44. The molecule has 0 aliphatic carbocycles. The summed E-state index contributed by atoms with van der Waals surface area (Å²) in [5.41, 5.74) is 5.97. The second-order valence-electron chi connectivity index (χ2n) is 1.66. The van der Waals surface area contributed by atoms with Gasteiger partial charge in [-0.15, -0.1) is 0 Å². The predicted molar refractivity (Wildman–Crippen MR) is 41.7 cm³/mol. The van der Waals surface area contributed by atoms with E-state index in [9.17, 15) is 0 Å². The standard InChI is InChI=1S/C6H5ClNS/c7-6-4(8)2-1-3-5(6)9/h1-3H,8H2. The van der Waals surface area contributed by atoms with Crippen LogP contribution in [0.25, 0.3) is 0 Å². The van der Waals surface area contributed by atoms with E-state index in [0.717, 1.165) is 0 Å². The molecule has 0 atom stereocenters. The summed E-state index contributed by atoms with van der Waals surface area (Å²) >= 11 is 10.5. The lowest BCUT2D eigenvalue weighted by Gasteiger charge is -1.96. The Labute approximate surface area is 64.2 Å². The van der Waals surface area contributed by atoms with E-state index in [0.29, 0.717) is 15.6 Å². The van der Waals surface area contributed by atoms with Crippen molar-refractivity contribution in [2.45, 2.75) is 4.90 Å². The van der Waals surface area contributed by atoms with E-state index in [1.165, 1.54) is 0 Å². The molecule has 0 unspecified atom stereocenters. The molecule has 47 valence electrons. The van der Waals surface area contributed by atoms with E-state index >= 15 is 0 Å². The molecule has 2 N–H and O–H groups in total. The minimum Gasteiger partial charge on any atom is -0.397 e. The van der Waals surface area contributed by atoms with Crippen LogP contribution in [0.15, 0.2) is 23.1 Å². The molecule has 1 nitrogen and oxygen atoms in total. The summed E-state index contributed by atoms with van der Waals surface area (Å²) in [7, 11) is 0. The largest absolute Gasteiger partial charge is 0.397 e. The zero-order chi connectivity index (χ0) is 6.85. The van der Waals surface area contributed by atoms with Crippen LogP contribution in [-0.2, 0) is 0 Å². The van der Waals surface area contributed by atoms with Crippen LogP contribution in [0.1, 0.15) is 0 Å². The minimum absolute atomic E-state index is 0.479. The molecular formula is C6H5ClNS. The molecular weight excluding hydrogens is 154 g/mol. The number of benzene rings is 1. The number of rotatable bonds is 0. The van der Waals surface area contributed by atoms with Crippen LogP contribution < -0.4 is 5.73 Å². The highest BCUT2D eigenvalue weighted by atomic mass is 35.5. The molecule has 1 rings (SSSR count). The maximum absolute atomic E-state index is 5.65. The Bertz CT molecular complexity index is 204. The number of nitrogen functional groups attached to an aromatic ring is 1. The van der Waals surface area contributed by atoms with Gasteiger partial charge >= 0.3 is 0 Å². The van der Waals surface area contributed by atoms with Crippen LogP contribution in [0.3, 0.4) is 0 Å². The van der Waals surface area contributed by atoms with Crippen molar-refractivity contribution in [1.82, 2.24) is 0 Å². The van der Waals surface area contributed by atoms with Crippen molar-refractivity contribution in [3.63, 3.8) is 0 Å². The van der Waals surface area contributed by atoms with Crippen LogP contribution in [0.2, 0.25) is 5.02 Å². The van der Waals surface area contributed by atoms with Gasteiger partial charge in [0.25, 0.3) is 0 Å². The summed E-state index contributed by atoms with van der Waals surface area (Å²) in [6.45, 7) is 0. The highest BCUT2D eigenvalue weighted by molar-refractivity contribution is 7.80. The summed E-state index contributed by atoms with van der Waals surface area (Å²) in [5, 5.41) is 0.479. The fourth-order valence-corrected chi connectivity index (χ4v) is 0.850. The van der Waals surface area contributed by atoms with Gasteiger partial charge in [-0.3, -0.25) is 0 Å². The van der Waals surface area contributed by atoms with E-state index < -0.39 is 0 Å². The lowest BCUT2D eigenvalue weighted by molar-refractivity contribution is 1.48. The third-order valence-electron chi connectivity index (χ3n) is 0.993. The van der Waals surface area contributed by atoms with Crippen molar-refractivity contribution in [1.29, 1.82) is 0 Å². The van der Waals surface area contributed by atoms with Crippen molar-refractivity contribution < 1.29 is 0 Å². The van der Waals surface area contributed by atoms with Gasteiger partial charge in [-0.2, -0.15) is 0 Å². The first-order valence-corrected chi connectivity index (χ1v) is 3.21. The van der Waals surface area contributed by atoms with Crippen LogP contribution in [0.5, 0.6) is 0 Å². The molecule has 1 radical (unpaired) electrons. The summed E-state index contributed by atoms with van der Waals surface area (Å²) in [6, 6.07) is 5.25. The highest BCUT2D eigenvalue weighted by Crippen LogP contribution is 2.25. The molecule has 9 heavy (non-hydrogen) atoms. The first-order valence-electron chi connectivity index (χ1n) is 2.43. The Balaban J connectivity index is 3.25. The first kappa shape index (κ1) is 6.65. The quantitative estimate of drug-likeness (QED) is 0.577. The van der Waals surface area contributed by atoms with Crippen LogP contribution in [-0.4, -0.2) is 0 Å². The number of halogens is 1. The zero-order valence-electron chi connectivity index (χ0n) is 4.60. The lowest BCUT2D eigenvalue weighted by Crippen LogP contribution is -1.84. The molecule has 0 saturated heterocycles. The van der Waals surface area contributed by atoms with E-state index in [-0.39, 0.29) is 0 Å². The molecule has 0 saturated carbocycles. The first-order chi connectivity index (χ1) is 4.22. The fraction of sp³-hybridized carbons (Fsp3) is 0. The number of hydrogen-bond donors (Lipinski definition) is 1. The molecule has 0 aromatic heterocycles. The number of hydrogen-bond acceptors (Lipinski definition) is 1. The third kappa shape index (κ3) is 1.26. The van der Waals surface area contributed by atoms with Gasteiger partial charge in [0.1, 0.15) is 0 Å². The Hall–Kier alpha value is -0.470. The van der Waals surface area contributed by atoms with Crippen LogP contribution in [0, 0.1) is 0 Å². The molecule has 0 heterocycles. The molecule has 0 amide bonds. The second kappa shape index (κ2) is 2.42. The highest BCUT2D eigenvalue weighted by Gasteiger charge is 1.97. The van der Waals surface area contributed by atoms with Gasteiger partial charge in [0, 0.05) is 0 Å². The average molecular weight is 159 g/mol. The summed E-state index contributed by atoms with van der Waals surface area (Å²) in [6.07, 6.45) is 0. The summed E-state index contributed by atoms with van der Waals surface area (Å²) in [5.74, 6) is 0. The van der Waals surface area contributed by atoms with Crippen LogP contribution >= 0.6 is 24.2 Å². The summed E-state index contributed by atoms with van der Waals surface area (Å²) in [4.78, 5) is 0.608. The fourth-order valence-electron chi connectivity index (χ4n) is 0.528. The van der Waals surface area contributed by atoms with Crippen molar-refractivity contribution in [2.75, 3.05) is 5.73 Å². The van der Waals surface area contributed by atoms with Gasteiger partial charge < -0.3 is 5.73 Å². The van der Waals surface area contributed by atoms with Crippen molar-refractivity contribution in [3.05, 3.63) is 23.2 Å². The summed E-state index contributed by atoms with van der Waals surface area (Å²) < 4.78 is 0. The number of nitrogens with two attached hydrogens (primary N) is 1. The zero-order valence-corrected chi connectivity index (χ0v) is 6.17. The molecule has 1 aromatic carbocycles.